The maximum atomic E-state index is 12.6. The minimum Gasteiger partial charge on any atom is -0.207 e. The predicted octanol–water partition coefficient (Wildman–Crippen LogP) is 2.87. The molecule has 1 unspecified atom stereocenters. The quantitative estimate of drug-likeness (QED) is 0.733. The molecule has 0 aromatic carbocycles. The zero-order chi connectivity index (χ0) is 12.8. The van der Waals surface area contributed by atoms with Gasteiger partial charge in [0.05, 0.1) is 4.91 Å². The average Bonchev–Trinajstić information content (AvgIpc) is 3.09. The Hall–Kier alpha value is -0.0600. The van der Waals surface area contributed by atoms with Gasteiger partial charge in [-0.25, -0.2) is 8.42 Å². The van der Waals surface area contributed by atoms with E-state index in [2.05, 4.69) is 0 Å². The molecule has 0 amide bonds. The summed E-state index contributed by atoms with van der Waals surface area (Å²) in [5.41, 5.74) is 0.343. The zero-order valence-electron chi connectivity index (χ0n) is 10.6. The fraction of sp³-hybridized carbons (Fsp3) is 0.846. The van der Waals surface area contributed by atoms with Gasteiger partial charge in [0, 0.05) is 18.5 Å². The summed E-state index contributed by atoms with van der Waals surface area (Å²) < 4.78 is 26.9. The van der Waals surface area contributed by atoms with Crippen molar-refractivity contribution in [2.45, 2.75) is 50.3 Å². The van der Waals surface area contributed by atoms with Gasteiger partial charge in [-0.05, 0) is 50.4 Å². The smallest absolute Gasteiger partial charge is 0.207 e. The van der Waals surface area contributed by atoms with Crippen molar-refractivity contribution >= 4 is 21.6 Å². The topological polar surface area (TPSA) is 37.4 Å². The van der Waals surface area contributed by atoms with E-state index in [0.29, 0.717) is 29.7 Å². The molecule has 1 heterocycles. The molecule has 2 fully saturated rings. The average molecular weight is 290 g/mol. The van der Waals surface area contributed by atoms with Crippen LogP contribution in [0.4, 0.5) is 0 Å². The molecule has 102 valence electrons. The van der Waals surface area contributed by atoms with Crippen LogP contribution in [0.2, 0.25) is 0 Å². The molecule has 18 heavy (non-hydrogen) atoms. The molecular formula is C13H20ClNO2S. The molecule has 2 aliphatic carbocycles. The lowest BCUT2D eigenvalue weighted by atomic mass is 9.97. The summed E-state index contributed by atoms with van der Waals surface area (Å²) in [6.07, 6.45) is 8.57. The molecule has 0 bridgehead atoms. The number of rotatable bonds is 2. The zero-order valence-corrected chi connectivity index (χ0v) is 12.1. The Kier molecular flexibility index (Phi) is 3.23. The number of halogens is 1. The van der Waals surface area contributed by atoms with Gasteiger partial charge in [-0.2, -0.15) is 4.31 Å². The Bertz CT molecular complexity index is 467. The molecule has 1 spiro atoms. The highest BCUT2D eigenvalue weighted by Gasteiger charge is 2.48. The second kappa shape index (κ2) is 4.50. The van der Waals surface area contributed by atoms with Gasteiger partial charge < -0.3 is 0 Å². The first-order valence-corrected chi connectivity index (χ1v) is 8.73. The van der Waals surface area contributed by atoms with E-state index in [-0.39, 0.29) is 5.38 Å². The normalized spacial score (nSPS) is 32.3. The lowest BCUT2D eigenvalue weighted by Crippen LogP contribution is -2.41. The van der Waals surface area contributed by atoms with Gasteiger partial charge in [0.2, 0.25) is 10.0 Å². The molecule has 3 rings (SSSR count). The summed E-state index contributed by atoms with van der Waals surface area (Å²) in [7, 11) is -3.20. The molecular weight excluding hydrogens is 270 g/mol. The van der Waals surface area contributed by atoms with E-state index in [1.165, 1.54) is 19.3 Å². The van der Waals surface area contributed by atoms with Crippen LogP contribution in [0.15, 0.2) is 11.0 Å². The summed E-state index contributed by atoms with van der Waals surface area (Å²) in [5, 5.41) is 0.111. The highest BCUT2D eigenvalue weighted by atomic mass is 35.5. The molecule has 1 saturated carbocycles. The molecule has 3 aliphatic rings. The summed E-state index contributed by atoms with van der Waals surface area (Å²) in [6.45, 7) is 1.45. The van der Waals surface area contributed by atoms with E-state index in [1.54, 1.807) is 4.31 Å². The molecule has 3 nitrogen and oxygen atoms in total. The largest absolute Gasteiger partial charge is 0.238 e. The van der Waals surface area contributed by atoms with Gasteiger partial charge in [-0.15, -0.1) is 11.6 Å². The number of hydrogen-bond donors (Lipinski definition) is 0. The first-order valence-electron chi connectivity index (χ1n) is 6.85. The van der Waals surface area contributed by atoms with E-state index in [9.17, 15) is 8.42 Å². The van der Waals surface area contributed by atoms with Crippen molar-refractivity contribution < 1.29 is 8.42 Å². The molecule has 5 heteroatoms. The molecule has 0 N–H and O–H groups in total. The van der Waals surface area contributed by atoms with Gasteiger partial charge in [-0.3, -0.25) is 0 Å². The van der Waals surface area contributed by atoms with Crippen LogP contribution in [0, 0.1) is 5.41 Å². The Labute approximate surface area is 114 Å². The Morgan fingerprint density at radius 3 is 2.72 bits per heavy atom. The SMILES string of the molecule is O=S(=O)(C1=CCC(Cl)CC1)N1CCCC2(CC2)C1. The molecule has 1 saturated heterocycles. The summed E-state index contributed by atoms with van der Waals surface area (Å²) in [5.74, 6) is 0. The number of sulfonamides is 1. The molecule has 0 radical (unpaired) electrons. The number of allylic oxidation sites excluding steroid dienone is 2. The third-order valence-corrected chi connectivity index (χ3v) is 6.98. The van der Waals surface area contributed by atoms with Crippen LogP contribution in [0.3, 0.4) is 0 Å². The van der Waals surface area contributed by atoms with Crippen LogP contribution in [-0.4, -0.2) is 31.2 Å². The van der Waals surface area contributed by atoms with Crippen LogP contribution in [0.5, 0.6) is 0 Å². The maximum absolute atomic E-state index is 12.6. The number of nitrogens with zero attached hydrogens (tertiary/aromatic N) is 1. The van der Waals surface area contributed by atoms with Crippen molar-refractivity contribution in [2.24, 2.45) is 5.41 Å². The van der Waals surface area contributed by atoms with Crippen molar-refractivity contribution in [3.8, 4) is 0 Å². The van der Waals surface area contributed by atoms with Crippen molar-refractivity contribution in [3.05, 3.63) is 11.0 Å². The van der Waals surface area contributed by atoms with Gasteiger partial charge in [0.15, 0.2) is 0 Å². The standard InChI is InChI=1S/C13H20ClNO2S/c14-11-2-4-12(5-3-11)18(16,17)15-9-1-6-13(10-15)7-8-13/h4,11H,1-3,5-10H2. The molecule has 1 aliphatic heterocycles. The Morgan fingerprint density at radius 1 is 1.33 bits per heavy atom. The predicted molar refractivity (Wildman–Crippen MR) is 73.0 cm³/mol. The van der Waals surface area contributed by atoms with E-state index in [0.717, 1.165) is 19.4 Å². The van der Waals surface area contributed by atoms with E-state index in [1.807, 2.05) is 6.08 Å². The van der Waals surface area contributed by atoms with E-state index >= 15 is 0 Å². The monoisotopic (exact) mass is 289 g/mol. The maximum Gasteiger partial charge on any atom is 0.238 e. The van der Waals surface area contributed by atoms with E-state index in [4.69, 9.17) is 11.6 Å². The first-order chi connectivity index (χ1) is 8.52. The fourth-order valence-corrected chi connectivity index (χ4v) is 5.16. The van der Waals surface area contributed by atoms with E-state index < -0.39 is 10.0 Å². The highest BCUT2D eigenvalue weighted by Crippen LogP contribution is 2.52. The van der Waals surface area contributed by atoms with Gasteiger partial charge in [-0.1, -0.05) is 6.08 Å². The van der Waals surface area contributed by atoms with Crippen LogP contribution >= 0.6 is 11.6 Å². The number of hydrogen-bond acceptors (Lipinski definition) is 2. The van der Waals surface area contributed by atoms with Crippen LogP contribution in [0.1, 0.15) is 44.9 Å². The summed E-state index contributed by atoms with van der Waals surface area (Å²) >= 11 is 6.02. The fourth-order valence-electron chi connectivity index (χ4n) is 3.13. The minimum absolute atomic E-state index is 0.111. The number of piperidine rings is 1. The highest BCUT2D eigenvalue weighted by molar-refractivity contribution is 7.93. The van der Waals surface area contributed by atoms with Gasteiger partial charge in [0.1, 0.15) is 0 Å². The third kappa shape index (κ3) is 2.35. The summed E-state index contributed by atoms with van der Waals surface area (Å²) in [6, 6.07) is 0. The van der Waals surface area contributed by atoms with Gasteiger partial charge in [0.25, 0.3) is 0 Å². The first kappa shape index (κ1) is 12.9. The second-order valence-electron chi connectivity index (χ2n) is 5.98. The van der Waals surface area contributed by atoms with Gasteiger partial charge >= 0.3 is 0 Å². The van der Waals surface area contributed by atoms with Crippen molar-refractivity contribution in [2.75, 3.05) is 13.1 Å². The summed E-state index contributed by atoms with van der Waals surface area (Å²) in [4.78, 5) is 0.608. The lowest BCUT2D eigenvalue weighted by Gasteiger charge is -2.33. The van der Waals surface area contributed by atoms with Crippen molar-refractivity contribution in [1.29, 1.82) is 0 Å². The minimum atomic E-state index is -3.20. The molecule has 1 atom stereocenters. The molecule has 0 aromatic rings. The van der Waals surface area contributed by atoms with Crippen molar-refractivity contribution in [1.82, 2.24) is 4.31 Å². The Morgan fingerprint density at radius 2 is 2.11 bits per heavy atom. The Balaban J connectivity index is 1.77. The lowest BCUT2D eigenvalue weighted by molar-refractivity contribution is 0.250. The van der Waals surface area contributed by atoms with Crippen LogP contribution in [0.25, 0.3) is 0 Å². The van der Waals surface area contributed by atoms with Crippen LogP contribution < -0.4 is 0 Å². The number of alkyl halides is 1. The molecule has 0 aromatic heterocycles. The van der Waals surface area contributed by atoms with Crippen LogP contribution in [-0.2, 0) is 10.0 Å². The van der Waals surface area contributed by atoms with Crippen molar-refractivity contribution in [3.63, 3.8) is 0 Å². The second-order valence-corrected chi connectivity index (χ2v) is 8.59. The third-order valence-electron chi connectivity index (χ3n) is 4.56.